The minimum atomic E-state index is -3.21. The van der Waals surface area contributed by atoms with Crippen LogP contribution in [0.3, 0.4) is 0 Å². The van der Waals surface area contributed by atoms with Gasteiger partial charge < -0.3 is 24.8 Å². The van der Waals surface area contributed by atoms with Gasteiger partial charge in [-0.25, -0.2) is 17.9 Å². The van der Waals surface area contributed by atoms with Crippen LogP contribution in [0.2, 0.25) is 0 Å². The molecule has 1 aliphatic rings. The average Bonchev–Trinajstić information content (AvgIpc) is 3.13. The molecule has 9 nitrogen and oxygen atoms in total. The molecule has 0 unspecified atom stereocenters. The molecule has 0 bridgehead atoms. The van der Waals surface area contributed by atoms with Crippen LogP contribution in [-0.2, 0) is 16.6 Å². The molecule has 0 atom stereocenters. The van der Waals surface area contributed by atoms with Gasteiger partial charge in [-0.05, 0) is 36.2 Å². The average molecular weight is 421 g/mol. The van der Waals surface area contributed by atoms with E-state index in [4.69, 9.17) is 14.2 Å². The Morgan fingerprint density at radius 3 is 2.76 bits per heavy atom. The van der Waals surface area contributed by atoms with E-state index in [1.807, 2.05) is 24.3 Å². The van der Waals surface area contributed by atoms with Gasteiger partial charge in [0.05, 0.1) is 6.26 Å². The Bertz CT molecular complexity index is 964. The summed E-state index contributed by atoms with van der Waals surface area (Å²) in [7, 11) is -3.21. The third-order valence-electron chi connectivity index (χ3n) is 3.94. The van der Waals surface area contributed by atoms with E-state index in [9.17, 15) is 13.2 Å². The first-order valence-corrected chi connectivity index (χ1v) is 10.9. The molecule has 0 radical (unpaired) electrons. The molecule has 0 aliphatic carbocycles. The SMILES string of the molecule is CS(=O)(=O)NCCCNC(=O)Nc1cccc(COc2ccc3c(c2)OCO3)c1. The summed E-state index contributed by atoms with van der Waals surface area (Å²) >= 11 is 0. The van der Waals surface area contributed by atoms with Crippen LogP contribution >= 0.6 is 0 Å². The molecule has 156 valence electrons. The normalized spacial score (nSPS) is 12.4. The van der Waals surface area contributed by atoms with E-state index in [0.29, 0.717) is 42.5 Å². The minimum Gasteiger partial charge on any atom is -0.489 e. The van der Waals surface area contributed by atoms with Gasteiger partial charge in [0, 0.05) is 24.8 Å². The zero-order chi connectivity index (χ0) is 20.7. The van der Waals surface area contributed by atoms with Crippen LogP contribution in [-0.4, -0.2) is 40.6 Å². The standard InChI is InChI=1S/C19H23N3O6S/c1-29(24,25)21-9-3-8-20-19(23)22-15-5-2-4-14(10-15)12-26-16-6-7-17-18(11-16)28-13-27-17/h2,4-7,10-11,21H,3,8-9,12-13H2,1H3,(H2,20,22,23). The third-order valence-corrected chi connectivity index (χ3v) is 4.67. The molecule has 10 heteroatoms. The fourth-order valence-corrected chi connectivity index (χ4v) is 3.11. The number of carbonyl (C=O) groups excluding carboxylic acids is 1. The molecule has 0 aromatic heterocycles. The van der Waals surface area contributed by atoms with Gasteiger partial charge in [-0.15, -0.1) is 0 Å². The topological polar surface area (TPSA) is 115 Å². The van der Waals surface area contributed by atoms with E-state index in [1.54, 1.807) is 18.2 Å². The summed E-state index contributed by atoms with van der Waals surface area (Å²) in [5.41, 5.74) is 1.52. The maximum atomic E-state index is 12.0. The summed E-state index contributed by atoms with van der Waals surface area (Å²) < 4.78 is 40.7. The van der Waals surface area contributed by atoms with Crippen molar-refractivity contribution in [3.05, 3.63) is 48.0 Å². The Hall–Kier alpha value is -2.98. The lowest BCUT2D eigenvalue weighted by Gasteiger charge is -2.10. The van der Waals surface area contributed by atoms with E-state index >= 15 is 0 Å². The fraction of sp³-hybridized carbons (Fsp3) is 0.316. The van der Waals surface area contributed by atoms with Crippen molar-refractivity contribution in [2.45, 2.75) is 13.0 Å². The zero-order valence-corrected chi connectivity index (χ0v) is 16.8. The molecule has 0 spiro atoms. The van der Waals surface area contributed by atoms with Gasteiger partial charge in [-0.1, -0.05) is 12.1 Å². The highest BCUT2D eigenvalue weighted by molar-refractivity contribution is 7.88. The number of sulfonamides is 1. The smallest absolute Gasteiger partial charge is 0.319 e. The summed E-state index contributed by atoms with van der Waals surface area (Å²) in [6, 6.07) is 12.3. The number of nitrogens with one attached hydrogen (secondary N) is 3. The van der Waals surface area contributed by atoms with E-state index in [2.05, 4.69) is 15.4 Å². The first-order chi connectivity index (χ1) is 13.9. The lowest BCUT2D eigenvalue weighted by molar-refractivity contribution is 0.173. The van der Waals surface area contributed by atoms with Crippen molar-refractivity contribution in [2.75, 3.05) is 31.5 Å². The number of ether oxygens (including phenoxy) is 3. The number of benzene rings is 2. The maximum absolute atomic E-state index is 12.0. The highest BCUT2D eigenvalue weighted by Gasteiger charge is 2.13. The van der Waals surface area contributed by atoms with Crippen LogP contribution in [0, 0.1) is 0 Å². The van der Waals surface area contributed by atoms with Crippen LogP contribution in [0.4, 0.5) is 10.5 Å². The Morgan fingerprint density at radius 1 is 1.10 bits per heavy atom. The number of hydrogen-bond donors (Lipinski definition) is 3. The van der Waals surface area contributed by atoms with Crippen molar-refractivity contribution in [1.29, 1.82) is 0 Å². The Labute approximate surface area is 169 Å². The molecule has 0 saturated carbocycles. The second-order valence-electron chi connectivity index (χ2n) is 6.41. The molecule has 3 N–H and O–H groups in total. The summed E-state index contributed by atoms with van der Waals surface area (Å²) in [6.45, 7) is 1.16. The number of urea groups is 1. The summed E-state index contributed by atoms with van der Waals surface area (Å²) in [6.07, 6.45) is 1.58. The summed E-state index contributed by atoms with van der Waals surface area (Å²) in [5.74, 6) is 2.01. The highest BCUT2D eigenvalue weighted by Crippen LogP contribution is 2.35. The van der Waals surface area contributed by atoms with Gasteiger partial charge in [0.25, 0.3) is 0 Å². The van der Waals surface area contributed by atoms with E-state index in [-0.39, 0.29) is 19.4 Å². The van der Waals surface area contributed by atoms with Gasteiger partial charge in [-0.3, -0.25) is 0 Å². The number of amides is 2. The van der Waals surface area contributed by atoms with Crippen LogP contribution in [0.25, 0.3) is 0 Å². The van der Waals surface area contributed by atoms with Crippen molar-refractivity contribution in [1.82, 2.24) is 10.0 Å². The lowest BCUT2D eigenvalue weighted by Crippen LogP contribution is -2.32. The predicted molar refractivity (Wildman–Crippen MR) is 108 cm³/mol. The van der Waals surface area contributed by atoms with E-state index in [1.165, 1.54) is 0 Å². The van der Waals surface area contributed by atoms with Crippen molar-refractivity contribution < 1.29 is 27.4 Å². The molecule has 0 fully saturated rings. The second kappa shape index (κ2) is 9.48. The number of carbonyl (C=O) groups is 1. The number of hydrogen-bond acceptors (Lipinski definition) is 6. The predicted octanol–water partition coefficient (Wildman–Crippen LogP) is 2.06. The molecule has 2 aromatic carbocycles. The van der Waals surface area contributed by atoms with Crippen molar-refractivity contribution >= 4 is 21.7 Å². The quantitative estimate of drug-likeness (QED) is 0.534. The van der Waals surface area contributed by atoms with Gasteiger partial charge in [-0.2, -0.15) is 0 Å². The van der Waals surface area contributed by atoms with Crippen molar-refractivity contribution in [3.63, 3.8) is 0 Å². The zero-order valence-electron chi connectivity index (χ0n) is 15.9. The van der Waals surface area contributed by atoms with Crippen molar-refractivity contribution in [3.8, 4) is 17.2 Å². The largest absolute Gasteiger partial charge is 0.489 e. The fourth-order valence-electron chi connectivity index (χ4n) is 2.60. The Balaban J connectivity index is 1.43. The molecule has 1 heterocycles. The summed E-state index contributed by atoms with van der Waals surface area (Å²) in [5, 5.41) is 5.42. The first kappa shape index (κ1) is 20.7. The molecular formula is C19H23N3O6S. The second-order valence-corrected chi connectivity index (χ2v) is 8.24. The van der Waals surface area contributed by atoms with Crippen molar-refractivity contribution in [2.24, 2.45) is 0 Å². The van der Waals surface area contributed by atoms with Crippen LogP contribution in [0.5, 0.6) is 17.2 Å². The maximum Gasteiger partial charge on any atom is 0.319 e. The highest BCUT2D eigenvalue weighted by atomic mass is 32.2. The van der Waals surface area contributed by atoms with Crippen LogP contribution in [0.15, 0.2) is 42.5 Å². The molecule has 0 saturated heterocycles. The monoisotopic (exact) mass is 421 g/mol. The number of anilines is 1. The summed E-state index contributed by atoms with van der Waals surface area (Å²) in [4.78, 5) is 12.0. The number of rotatable bonds is 9. The third kappa shape index (κ3) is 6.84. The van der Waals surface area contributed by atoms with E-state index < -0.39 is 10.0 Å². The molecule has 3 rings (SSSR count). The molecular weight excluding hydrogens is 398 g/mol. The molecule has 1 aliphatic heterocycles. The Morgan fingerprint density at radius 2 is 1.93 bits per heavy atom. The molecule has 2 aromatic rings. The first-order valence-electron chi connectivity index (χ1n) is 9.00. The molecule has 2 amide bonds. The number of fused-ring (bicyclic) bond motifs is 1. The minimum absolute atomic E-state index is 0.211. The van der Waals surface area contributed by atoms with Gasteiger partial charge in [0.2, 0.25) is 16.8 Å². The van der Waals surface area contributed by atoms with Gasteiger partial charge >= 0.3 is 6.03 Å². The van der Waals surface area contributed by atoms with Gasteiger partial charge in [0.15, 0.2) is 11.5 Å². The van der Waals surface area contributed by atoms with Crippen LogP contribution < -0.4 is 29.6 Å². The van der Waals surface area contributed by atoms with Crippen LogP contribution in [0.1, 0.15) is 12.0 Å². The lowest BCUT2D eigenvalue weighted by atomic mass is 10.2. The van der Waals surface area contributed by atoms with Gasteiger partial charge in [0.1, 0.15) is 12.4 Å². The van der Waals surface area contributed by atoms with E-state index in [0.717, 1.165) is 11.8 Å². The Kier molecular flexibility index (Phi) is 6.78. The molecule has 29 heavy (non-hydrogen) atoms.